The maximum absolute atomic E-state index is 5.30. The maximum atomic E-state index is 5.30. The van der Waals surface area contributed by atoms with Gasteiger partial charge in [0.05, 0.1) is 13.2 Å². The Balaban J connectivity index is 2.89. The molecule has 0 aliphatic heterocycles. The molecule has 0 heterocycles. The van der Waals surface area contributed by atoms with Crippen LogP contribution in [0, 0.1) is 0 Å². The zero-order chi connectivity index (χ0) is 10.6. The molecule has 0 radical (unpaired) electrons. The molecule has 0 amide bonds. The molecular formula is C10H15N3O. The summed E-state index contributed by atoms with van der Waals surface area (Å²) >= 11 is 0. The van der Waals surface area contributed by atoms with E-state index in [-0.39, 0.29) is 12.0 Å². The van der Waals surface area contributed by atoms with Crippen molar-refractivity contribution in [2.45, 2.75) is 13.0 Å². The van der Waals surface area contributed by atoms with Crippen LogP contribution in [-0.4, -0.2) is 13.1 Å². The normalized spacial score (nSPS) is 11.9. The van der Waals surface area contributed by atoms with Crippen molar-refractivity contribution < 1.29 is 4.74 Å². The van der Waals surface area contributed by atoms with Crippen molar-refractivity contribution in [3.8, 4) is 5.75 Å². The van der Waals surface area contributed by atoms with Crippen LogP contribution >= 0.6 is 0 Å². The van der Waals surface area contributed by atoms with Crippen LogP contribution in [0.2, 0.25) is 0 Å². The molecule has 4 N–H and O–H groups in total. The predicted molar refractivity (Wildman–Crippen MR) is 57.2 cm³/mol. The molecule has 1 aromatic rings. The van der Waals surface area contributed by atoms with E-state index in [4.69, 9.17) is 16.2 Å². The Morgan fingerprint density at radius 2 is 2.14 bits per heavy atom. The number of guanidine groups is 1. The second kappa shape index (κ2) is 4.50. The van der Waals surface area contributed by atoms with Gasteiger partial charge in [-0.25, -0.2) is 4.99 Å². The molecule has 1 unspecified atom stereocenters. The fourth-order valence-corrected chi connectivity index (χ4v) is 1.20. The van der Waals surface area contributed by atoms with Crippen LogP contribution < -0.4 is 16.2 Å². The van der Waals surface area contributed by atoms with Gasteiger partial charge in [0.15, 0.2) is 5.96 Å². The van der Waals surface area contributed by atoms with Gasteiger partial charge in [-0.15, -0.1) is 0 Å². The van der Waals surface area contributed by atoms with Crippen LogP contribution in [0.5, 0.6) is 5.75 Å². The van der Waals surface area contributed by atoms with Gasteiger partial charge in [0.25, 0.3) is 0 Å². The van der Waals surface area contributed by atoms with Crippen LogP contribution in [0.3, 0.4) is 0 Å². The summed E-state index contributed by atoms with van der Waals surface area (Å²) in [6.45, 7) is 1.93. The molecule has 0 aliphatic rings. The molecule has 0 aliphatic carbocycles. The molecule has 1 rings (SSSR count). The van der Waals surface area contributed by atoms with Gasteiger partial charge in [-0.05, 0) is 24.6 Å². The molecule has 76 valence electrons. The highest BCUT2D eigenvalue weighted by Crippen LogP contribution is 2.20. The van der Waals surface area contributed by atoms with Gasteiger partial charge in [-0.3, -0.25) is 0 Å². The number of nitrogens with zero attached hydrogens (tertiary/aromatic N) is 1. The Kier molecular flexibility index (Phi) is 3.34. The number of rotatable bonds is 3. The van der Waals surface area contributed by atoms with Crippen molar-refractivity contribution in [3.05, 3.63) is 29.8 Å². The second-order valence-corrected chi connectivity index (χ2v) is 3.01. The summed E-state index contributed by atoms with van der Waals surface area (Å²) in [7, 11) is 1.63. The lowest BCUT2D eigenvalue weighted by Crippen LogP contribution is -2.23. The van der Waals surface area contributed by atoms with E-state index in [0.29, 0.717) is 0 Å². The van der Waals surface area contributed by atoms with Gasteiger partial charge < -0.3 is 16.2 Å². The molecule has 0 aromatic heterocycles. The second-order valence-electron chi connectivity index (χ2n) is 3.01. The van der Waals surface area contributed by atoms with E-state index in [1.807, 2.05) is 31.2 Å². The molecule has 0 bridgehead atoms. The zero-order valence-corrected chi connectivity index (χ0v) is 8.40. The van der Waals surface area contributed by atoms with E-state index in [1.54, 1.807) is 7.11 Å². The van der Waals surface area contributed by atoms with Crippen LogP contribution in [0.1, 0.15) is 18.5 Å². The zero-order valence-electron chi connectivity index (χ0n) is 8.40. The molecule has 14 heavy (non-hydrogen) atoms. The molecule has 0 saturated heterocycles. The van der Waals surface area contributed by atoms with E-state index in [9.17, 15) is 0 Å². The lowest BCUT2D eigenvalue weighted by molar-refractivity contribution is 0.414. The molecule has 4 nitrogen and oxygen atoms in total. The molecule has 1 atom stereocenters. The summed E-state index contributed by atoms with van der Waals surface area (Å²) in [5.74, 6) is 0.903. The predicted octanol–water partition coefficient (Wildman–Crippen LogP) is 1.03. The van der Waals surface area contributed by atoms with Gasteiger partial charge in [-0.1, -0.05) is 12.1 Å². The Morgan fingerprint density at radius 1 is 1.43 bits per heavy atom. The Bertz CT molecular complexity index is 332. The fourth-order valence-electron chi connectivity index (χ4n) is 1.20. The van der Waals surface area contributed by atoms with Crippen LogP contribution in [0.4, 0.5) is 0 Å². The maximum Gasteiger partial charge on any atom is 0.186 e. The van der Waals surface area contributed by atoms with Crippen LogP contribution in [0.15, 0.2) is 29.3 Å². The Morgan fingerprint density at radius 3 is 2.71 bits per heavy atom. The Hall–Kier alpha value is -1.71. The first kappa shape index (κ1) is 10.4. The fraction of sp³-hybridized carbons (Fsp3) is 0.300. The third-order valence-corrected chi connectivity index (χ3v) is 1.92. The first-order chi connectivity index (χ1) is 6.63. The SMILES string of the molecule is COc1cccc(C(C)N=C(N)N)c1. The minimum Gasteiger partial charge on any atom is -0.497 e. The average molecular weight is 193 g/mol. The summed E-state index contributed by atoms with van der Waals surface area (Å²) in [4.78, 5) is 4.04. The molecule has 4 heteroatoms. The van der Waals surface area contributed by atoms with Gasteiger partial charge in [-0.2, -0.15) is 0 Å². The van der Waals surface area contributed by atoms with E-state index in [0.717, 1.165) is 11.3 Å². The number of ether oxygens (including phenoxy) is 1. The third-order valence-electron chi connectivity index (χ3n) is 1.92. The minimum absolute atomic E-state index is 0.0462. The van der Waals surface area contributed by atoms with Crippen molar-refractivity contribution in [3.63, 3.8) is 0 Å². The number of aliphatic imine (C=N–C) groups is 1. The largest absolute Gasteiger partial charge is 0.497 e. The average Bonchev–Trinajstić information content (AvgIpc) is 2.17. The number of nitrogens with two attached hydrogens (primary N) is 2. The smallest absolute Gasteiger partial charge is 0.186 e. The van der Waals surface area contributed by atoms with E-state index >= 15 is 0 Å². The summed E-state index contributed by atoms with van der Waals surface area (Å²) < 4.78 is 5.10. The van der Waals surface area contributed by atoms with Gasteiger partial charge in [0.2, 0.25) is 0 Å². The molecule has 0 fully saturated rings. The topological polar surface area (TPSA) is 73.6 Å². The number of hydrogen-bond donors (Lipinski definition) is 2. The monoisotopic (exact) mass is 193 g/mol. The Labute approximate surface area is 83.6 Å². The summed E-state index contributed by atoms with van der Waals surface area (Å²) in [5.41, 5.74) is 11.6. The van der Waals surface area contributed by atoms with Crippen molar-refractivity contribution in [2.24, 2.45) is 16.5 Å². The van der Waals surface area contributed by atoms with E-state index < -0.39 is 0 Å². The number of hydrogen-bond acceptors (Lipinski definition) is 2. The van der Waals surface area contributed by atoms with Crippen molar-refractivity contribution in [1.82, 2.24) is 0 Å². The summed E-state index contributed by atoms with van der Waals surface area (Å²) in [6.07, 6.45) is 0. The highest BCUT2D eigenvalue weighted by molar-refractivity contribution is 5.76. The van der Waals surface area contributed by atoms with Gasteiger partial charge in [0.1, 0.15) is 5.75 Å². The quantitative estimate of drug-likeness (QED) is 0.556. The molecule has 1 aromatic carbocycles. The first-order valence-corrected chi connectivity index (χ1v) is 4.36. The highest BCUT2D eigenvalue weighted by atomic mass is 16.5. The lowest BCUT2D eigenvalue weighted by Gasteiger charge is -2.08. The standard InChI is InChI=1S/C10H15N3O/c1-7(13-10(11)12)8-4-3-5-9(6-8)14-2/h3-7H,1-2H3,(H4,11,12,13). The number of methoxy groups -OCH3 is 1. The molecule has 0 spiro atoms. The summed E-state index contributed by atoms with van der Waals surface area (Å²) in [6, 6.07) is 7.62. The minimum atomic E-state index is -0.0462. The molecular weight excluding hydrogens is 178 g/mol. The van der Waals surface area contributed by atoms with Gasteiger partial charge >= 0.3 is 0 Å². The van der Waals surface area contributed by atoms with Crippen LogP contribution in [0.25, 0.3) is 0 Å². The van der Waals surface area contributed by atoms with Crippen LogP contribution in [-0.2, 0) is 0 Å². The van der Waals surface area contributed by atoms with E-state index in [1.165, 1.54) is 0 Å². The summed E-state index contributed by atoms with van der Waals surface area (Å²) in [5, 5.41) is 0. The number of benzene rings is 1. The van der Waals surface area contributed by atoms with E-state index in [2.05, 4.69) is 4.99 Å². The van der Waals surface area contributed by atoms with Crippen molar-refractivity contribution in [2.75, 3.05) is 7.11 Å². The van der Waals surface area contributed by atoms with Gasteiger partial charge in [0, 0.05) is 0 Å². The first-order valence-electron chi connectivity index (χ1n) is 4.36. The lowest BCUT2D eigenvalue weighted by atomic mass is 10.1. The third kappa shape index (κ3) is 2.65. The van der Waals surface area contributed by atoms with Crippen molar-refractivity contribution >= 4 is 5.96 Å². The highest BCUT2D eigenvalue weighted by Gasteiger charge is 2.04. The van der Waals surface area contributed by atoms with Crippen molar-refractivity contribution in [1.29, 1.82) is 0 Å². The molecule has 0 saturated carbocycles.